The van der Waals surface area contributed by atoms with Crippen LogP contribution in [-0.4, -0.2) is 37.9 Å². The normalized spacial score (nSPS) is 10.7. The third-order valence-corrected chi connectivity index (χ3v) is 2.84. The minimum atomic E-state index is -0.309. The van der Waals surface area contributed by atoms with Crippen LogP contribution < -0.4 is 0 Å². The van der Waals surface area contributed by atoms with Gasteiger partial charge in [-0.2, -0.15) is 0 Å². The highest BCUT2D eigenvalue weighted by Gasteiger charge is 2.11. The van der Waals surface area contributed by atoms with Gasteiger partial charge in [0, 0.05) is 13.6 Å². The van der Waals surface area contributed by atoms with E-state index in [-0.39, 0.29) is 5.97 Å². The summed E-state index contributed by atoms with van der Waals surface area (Å²) >= 11 is 0. The largest absolute Gasteiger partial charge is 0.465 e. The van der Waals surface area contributed by atoms with Gasteiger partial charge < -0.3 is 9.64 Å². The molecule has 0 aromatic heterocycles. The summed E-state index contributed by atoms with van der Waals surface area (Å²) in [5, 5.41) is 0. The van der Waals surface area contributed by atoms with Gasteiger partial charge in [0.2, 0.25) is 0 Å². The number of methoxy groups -OCH3 is 1. The lowest BCUT2D eigenvalue weighted by Crippen LogP contribution is -2.14. The van der Waals surface area contributed by atoms with E-state index < -0.39 is 0 Å². The van der Waals surface area contributed by atoms with Gasteiger partial charge in [-0.25, -0.2) is 9.79 Å². The molecule has 4 heteroatoms. The van der Waals surface area contributed by atoms with Crippen molar-refractivity contribution in [1.82, 2.24) is 4.90 Å². The van der Waals surface area contributed by atoms with E-state index in [1.165, 1.54) is 7.11 Å². The number of carbonyl (C=O) groups excluding carboxylic acids is 1. The molecule has 0 unspecified atom stereocenters. The van der Waals surface area contributed by atoms with Crippen molar-refractivity contribution in [3.05, 3.63) is 28.8 Å². The van der Waals surface area contributed by atoms with Crippen LogP contribution in [0.15, 0.2) is 17.1 Å². The molecule has 0 saturated carbocycles. The van der Waals surface area contributed by atoms with Crippen molar-refractivity contribution in [2.45, 2.75) is 20.8 Å². The molecule has 98 valence electrons. The third-order valence-electron chi connectivity index (χ3n) is 2.84. The molecule has 1 aromatic carbocycles. The smallest absolute Gasteiger partial charge is 0.338 e. The number of ether oxygens (including phenoxy) is 1. The Kier molecular flexibility index (Phi) is 4.89. The molecule has 1 rings (SSSR count). The van der Waals surface area contributed by atoms with Gasteiger partial charge in [0.05, 0.1) is 24.7 Å². The van der Waals surface area contributed by atoms with Crippen molar-refractivity contribution in [3.63, 3.8) is 0 Å². The van der Waals surface area contributed by atoms with Crippen LogP contribution in [0.25, 0.3) is 0 Å². The average molecular weight is 248 g/mol. The van der Waals surface area contributed by atoms with Gasteiger partial charge >= 0.3 is 5.97 Å². The molecule has 0 aliphatic rings. The lowest BCUT2D eigenvalue weighted by molar-refractivity contribution is 0.0600. The summed E-state index contributed by atoms with van der Waals surface area (Å²) < 4.78 is 4.74. The summed E-state index contributed by atoms with van der Waals surface area (Å²) in [6.07, 6.45) is 1.79. The maximum absolute atomic E-state index is 11.5. The van der Waals surface area contributed by atoms with Crippen molar-refractivity contribution in [3.8, 4) is 0 Å². The minimum Gasteiger partial charge on any atom is -0.465 e. The first-order chi connectivity index (χ1) is 8.49. The molecule has 0 bridgehead atoms. The number of aryl methyl sites for hydroxylation is 2. The number of hydrogen-bond donors (Lipinski definition) is 0. The maximum atomic E-state index is 11.5. The molecule has 0 aliphatic carbocycles. The first-order valence-electron chi connectivity index (χ1n) is 5.93. The Morgan fingerprint density at radius 1 is 1.39 bits per heavy atom. The number of hydrogen-bond acceptors (Lipinski definition) is 3. The van der Waals surface area contributed by atoms with Crippen LogP contribution in [0.2, 0.25) is 0 Å². The Bertz CT molecular complexity index is 467. The van der Waals surface area contributed by atoms with Gasteiger partial charge in [0.1, 0.15) is 0 Å². The second-order valence-electron chi connectivity index (χ2n) is 4.26. The van der Waals surface area contributed by atoms with E-state index in [0.29, 0.717) is 5.56 Å². The van der Waals surface area contributed by atoms with Crippen LogP contribution in [0.3, 0.4) is 0 Å². The molecular weight excluding hydrogens is 228 g/mol. The molecule has 0 aliphatic heterocycles. The van der Waals surface area contributed by atoms with Crippen molar-refractivity contribution < 1.29 is 9.53 Å². The zero-order valence-electron chi connectivity index (χ0n) is 11.7. The Morgan fingerprint density at radius 2 is 2.06 bits per heavy atom. The predicted molar refractivity (Wildman–Crippen MR) is 73.7 cm³/mol. The minimum absolute atomic E-state index is 0.309. The van der Waals surface area contributed by atoms with Gasteiger partial charge in [0.25, 0.3) is 0 Å². The molecule has 0 spiro atoms. The molecule has 18 heavy (non-hydrogen) atoms. The fourth-order valence-electron chi connectivity index (χ4n) is 1.51. The molecule has 0 radical (unpaired) electrons. The molecule has 4 nitrogen and oxygen atoms in total. The van der Waals surface area contributed by atoms with Crippen LogP contribution >= 0.6 is 0 Å². The van der Waals surface area contributed by atoms with E-state index in [1.807, 2.05) is 37.9 Å². The van der Waals surface area contributed by atoms with E-state index in [4.69, 9.17) is 4.74 Å². The SMILES string of the molecule is CCN(C)C=Nc1cc(C)c(C(=O)OC)cc1C. The molecule has 0 heterocycles. The van der Waals surface area contributed by atoms with Gasteiger partial charge in [-0.05, 0) is 44.0 Å². The van der Waals surface area contributed by atoms with Crippen LogP contribution in [0, 0.1) is 13.8 Å². The molecule has 0 atom stereocenters. The number of carbonyl (C=O) groups is 1. The summed E-state index contributed by atoms with van der Waals surface area (Å²) in [4.78, 5) is 17.9. The number of benzene rings is 1. The molecule has 0 saturated heterocycles. The third kappa shape index (κ3) is 3.32. The Morgan fingerprint density at radius 3 is 2.61 bits per heavy atom. The van der Waals surface area contributed by atoms with E-state index in [0.717, 1.165) is 23.4 Å². The molecule has 0 fully saturated rings. The first-order valence-corrected chi connectivity index (χ1v) is 5.93. The summed E-state index contributed by atoms with van der Waals surface area (Å²) in [5.74, 6) is -0.309. The van der Waals surface area contributed by atoms with E-state index in [9.17, 15) is 4.79 Å². The monoisotopic (exact) mass is 248 g/mol. The van der Waals surface area contributed by atoms with Gasteiger partial charge in [-0.1, -0.05) is 0 Å². The molecule has 1 aromatic rings. The maximum Gasteiger partial charge on any atom is 0.338 e. The molecular formula is C14H20N2O2. The van der Waals surface area contributed by atoms with Crippen LogP contribution in [0.1, 0.15) is 28.4 Å². The predicted octanol–water partition coefficient (Wildman–Crippen LogP) is 2.70. The first kappa shape index (κ1) is 14.2. The lowest BCUT2D eigenvalue weighted by Gasteiger charge is -2.10. The fourth-order valence-corrected chi connectivity index (χ4v) is 1.51. The quantitative estimate of drug-likeness (QED) is 0.467. The van der Waals surface area contributed by atoms with Crippen LogP contribution in [0.5, 0.6) is 0 Å². The number of rotatable bonds is 4. The van der Waals surface area contributed by atoms with E-state index in [1.54, 1.807) is 6.34 Å². The summed E-state index contributed by atoms with van der Waals surface area (Å²) in [6.45, 7) is 6.78. The van der Waals surface area contributed by atoms with Gasteiger partial charge in [0.15, 0.2) is 0 Å². The Hall–Kier alpha value is -1.84. The molecule has 0 amide bonds. The summed E-state index contributed by atoms with van der Waals surface area (Å²) in [7, 11) is 3.36. The number of aliphatic imine (C=N–C) groups is 1. The van der Waals surface area contributed by atoms with Crippen LogP contribution in [0.4, 0.5) is 5.69 Å². The van der Waals surface area contributed by atoms with Gasteiger partial charge in [-0.15, -0.1) is 0 Å². The highest BCUT2D eigenvalue weighted by atomic mass is 16.5. The zero-order valence-corrected chi connectivity index (χ0v) is 11.7. The topological polar surface area (TPSA) is 41.9 Å². The number of esters is 1. The van der Waals surface area contributed by atoms with Gasteiger partial charge in [-0.3, -0.25) is 0 Å². The molecule has 0 N–H and O–H groups in total. The van der Waals surface area contributed by atoms with Crippen LogP contribution in [-0.2, 0) is 4.74 Å². The Balaban J connectivity index is 3.07. The second kappa shape index (κ2) is 6.19. The van der Waals surface area contributed by atoms with Crippen molar-refractivity contribution in [2.75, 3.05) is 20.7 Å². The van der Waals surface area contributed by atoms with Crippen molar-refractivity contribution >= 4 is 18.0 Å². The summed E-state index contributed by atoms with van der Waals surface area (Å²) in [6, 6.07) is 3.72. The highest BCUT2D eigenvalue weighted by Crippen LogP contribution is 2.23. The second-order valence-corrected chi connectivity index (χ2v) is 4.26. The zero-order chi connectivity index (χ0) is 13.7. The Labute approximate surface area is 108 Å². The average Bonchev–Trinajstić information content (AvgIpc) is 2.37. The standard InChI is InChI=1S/C14H20N2O2/c1-6-16(4)9-15-13-8-10(2)12(7-11(13)3)14(17)18-5/h7-9H,6H2,1-5H3. The summed E-state index contributed by atoms with van der Waals surface area (Å²) in [5.41, 5.74) is 3.30. The lowest BCUT2D eigenvalue weighted by atomic mass is 10.0. The fraction of sp³-hybridized carbons (Fsp3) is 0.429. The number of nitrogens with zero attached hydrogens (tertiary/aromatic N) is 2. The van der Waals surface area contributed by atoms with Crippen molar-refractivity contribution in [2.24, 2.45) is 4.99 Å². The highest BCUT2D eigenvalue weighted by molar-refractivity contribution is 5.92. The van der Waals surface area contributed by atoms with E-state index in [2.05, 4.69) is 11.9 Å². The van der Waals surface area contributed by atoms with Crippen molar-refractivity contribution in [1.29, 1.82) is 0 Å². The van der Waals surface area contributed by atoms with E-state index >= 15 is 0 Å².